The lowest BCUT2D eigenvalue weighted by molar-refractivity contribution is -0.0184. The number of nitrogens with zero attached hydrogens (tertiary/aromatic N) is 1. The van der Waals surface area contributed by atoms with Crippen LogP contribution in [0.15, 0.2) is 78.9 Å². The fraction of sp³-hybridized carbons (Fsp3) is 0.172. The second kappa shape index (κ2) is 9.78. The Labute approximate surface area is 224 Å². The summed E-state index contributed by atoms with van der Waals surface area (Å²) in [6, 6.07) is 23.6. The number of halogens is 3. The van der Waals surface area contributed by atoms with Gasteiger partial charge in [-0.2, -0.15) is 0 Å². The highest BCUT2D eigenvalue weighted by Crippen LogP contribution is 2.46. The van der Waals surface area contributed by atoms with E-state index in [9.17, 15) is 4.79 Å². The van der Waals surface area contributed by atoms with Crippen LogP contribution in [-0.2, 0) is 4.74 Å². The lowest BCUT2D eigenvalue weighted by Gasteiger charge is -2.37. The Kier molecular flexibility index (Phi) is 6.69. The van der Waals surface area contributed by atoms with Crippen LogP contribution in [0.3, 0.4) is 0 Å². The number of carbonyl (C=O) groups is 1. The number of aromatic nitrogens is 1. The summed E-state index contributed by atoms with van der Waals surface area (Å²) in [4.78, 5) is 17.9. The van der Waals surface area contributed by atoms with Gasteiger partial charge in [0, 0.05) is 27.6 Å². The van der Waals surface area contributed by atoms with Gasteiger partial charge in [0.15, 0.2) is 0 Å². The first kappa shape index (κ1) is 24.6. The van der Waals surface area contributed by atoms with Gasteiger partial charge in [0.2, 0.25) is 5.88 Å². The van der Waals surface area contributed by atoms with E-state index in [0.29, 0.717) is 49.8 Å². The highest BCUT2D eigenvalue weighted by molar-refractivity contribution is 6.36. The van der Waals surface area contributed by atoms with Crippen molar-refractivity contribution in [3.05, 3.63) is 105 Å². The van der Waals surface area contributed by atoms with Crippen LogP contribution in [0, 0.1) is 0 Å². The number of esters is 1. The summed E-state index contributed by atoms with van der Waals surface area (Å²) in [7, 11) is 0. The van der Waals surface area contributed by atoms with Crippen LogP contribution in [0.5, 0.6) is 5.88 Å². The standard InChI is InChI=1S/C29H22Cl3NO3/c1-29(2)16-25(35-28(34)18-6-4-3-5-7-18)23-15-22(17-8-10-19(30)11-9-17)26(33-27(23)36-29)21-13-12-20(31)14-24(21)32/h3-15,25H,16H2,1-2H3. The quantitative estimate of drug-likeness (QED) is 0.244. The number of carbonyl (C=O) groups excluding carboxylic acids is 1. The number of hydrogen-bond acceptors (Lipinski definition) is 4. The van der Waals surface area contributed by atoms with Gasteiger partial charge in [-0.05, 0) is 67.9 Å². The minimum absolute atomic E-state index is 0.399. The maximum atomic E-state index is 13.0. The van der Waals surface area contributed by atoms with Gasteiger partial charge in [0.1, 0.15) is 11.7 Å². The van der Waals surface area contributed by atoms with Crippen molar-refractivity contribution < 1.29 is 14.3 Å². The van der Waals surface area contributed by atoms with Gasteiger partial charge >= 0.3 is 5.97 Å². The molecule has 0 bridgehead atoms. The van der Waals surface area contributed by atoms with Crippen LogP contribution in [0.2, 0.25) is 15.1 Å². The number of rotatable bonds is 4. The molecule has 36 heavy (non-hydrogen) atoms. The molecule has 1 aliphatic heterocycles. The van der Waals surface area contributed by atoms with Gasteiger partial charge in [-0.3, -0.25) is 0 Å². The number of fused-ring (bicyclic) bond motifs is 1. The minimum Gasteiger partial charge on any atom is -0.471 e. The second-order valence-corrected chi connectivity index (χ2v) is 10.5. The average molecular weight is 539 g/mol. The molecule has 3 aromatic carbocycles. The maximum absolute atomic E-state index is 13.0. The van der Waals surface area contributed by atoms with Crippen molar-refractivity contribution in [1.29, 1.82) is 0 Å². The molecule has 0 N–H and O–H groups in total. The van der Waals surface area contributed by atoms with Crippen LogP contribution in [0.1, 0.15) is 42.3 Å². The molecule has 0 radical (unpaired) electrons. The van der Waals surface area contributed by atoms with Crippen molar-refractivity contribution in [3.8, 4) is 28.3 Å². The molecule has 0 spiro atoms. The topological polar surface area (TPSA) is 48.4 Å². The molecule has 5 rings (SSSR count). The van der Waals surface area contributed by atoms with Crippen molar-refractivity contribution in [2.24, 2.45) is 0 Å². The minimum atomic E-state index is -0.607. The molecular weight excluding hydrogens is 517 g/mol. The SMILES string of the molecule is CC1(C)CC(OC(=O)c2ccccc2)c2cc(-c3ccc(Cl)cc3)c(-c3ccc(Cl)cc3Cl)nc2O1. The molecule has 1 atom stereocenters. The van der Waals surface area contributed by atoms with E-state index in [2.05, 4.69) is 0 Å². The second-order valence-electron chi connectivity index (χ2n) is 9.24. The Morgan fingerprint density at radius 2 is 1.61 bits per heavy atom. The third kappa shape index (κ3) is 5.08. The number of ether oxygens (including phenoxy) is 2. The Balaban J connectivity index is 1.67. The van der Waals surface area contributed by atoms with Crippen molar-refractivity contribution in [1.82, 2.24) is 4.98 Å². The first-order valence-corrected chi connectivity index (χ1v) is 12.5. The number of benzene rings is 3. The first-order chi connectivity index (χ1) is 17.2. The van der Waals surface area contributed by atoms with Crippen LogP contribution < -0.4 is 4.74 Å². The lowest BCUT2D eigenvalue weighted by Crippen LogP contribution is -2.36. The van der Waals surface area contributed by atoms with Crippen molar-refractivity contribution in [3.63, 3.8) is 0 Å². The molecule has 0 aliphatic carbocycles. The molecule has 2 heterocycles. The molecule has 7 heteroatoms. The van der Waals surface area contributed by atoms with Crippen LogP contribution in [-0.4, -0.2) is 16.6 Å². The monoisotopic (exact) mass is 537 g/mol. The number of hydrogen-bond donors (Lipinski definition) is 0. The fourth-order valence-electron chi connectivity index (χ4n) is 4.30. The van der Waals surface area contributed by atoms with E-state index in [0.717, 1.165) is 11.1 Å². The van der Waals surface area contributed by atoms with Crippen LogP contribution in [0.25, 0.3) is 22.4 Å². The summed E-state index contributed by atoms with van der Waals surface area (Å²) in [5.74, 6) is -0.00189. The normalized spacial score (nSPS) is 16.1. The zero-order chi connectivity index (χ0) is 25.4. The van der Waals surface area contributed by atoms with E-state index in [1.54, 1.807) is 36.4 Å². The largest absolute Gasteiger partial charge is 0.471 e. The molecule has 182 valence electrons. The van der Waals surface area contributed by atoms with Gasteiger partial charge in [-0.1, -0.05) is 65.1 Å². The van der Waals surface area contributed by atoms with Gasteiger partial charge in [-0.25, -0.2) is 9.78 Å². The zero-order valence-corrected chi connectivity index (χ0v) is 21.9. The van der Waals surface area contributed by atoms with E-state index in [1.165, 1.54) is 0 Å². The predicted octanol–water partition coefficient (Wildman–Crippen LogP) is 8.84. The van der Waals surface area contributed by atoms with Gasteiger partial charge < -0.3 is 9.47 Å². The maximum Gasteiger partial charge on any atom is 0.338 e. The Hall–Kier alpha value is -3.05. The third-order valence-electron chi connectivity index (χ3n) is 6.01. The highest BCUT2D eigenvalue weighted by Gasteiger charge is 2.38. The van der Waals surface area contributed by atoms with E-state index >= 15 is 0 Å². The molecule has 0 saturated carbocycles. The van der Waals surface area contributed by atoms with Crippen LogP contribution in [0.4, 0.5) is 0 Å². The molecular formula is C29H22Cl3NO3. The summed E-state index contributed by atoms with van der Waals surface area (Å²) in [5.41, 5.74) is 3.59. The zero-order valence-electron chi connectivity index (χ0n) is 19.6. The Morgan fingerprint density at radius 3 is 2.31 bits per heavy atom. The lowest BCUT2D eigenvalue weighted by atomic mass is 9.90. The summed E-state index contributed by atoms with van der Waals surface area (Å²) in [5, 5.41) is 1.61. The van der Waals surface area contributed by atoms with Gasteiger partial charge in [0.25, 0.3) is 0 Å². The fourth-order valence-corrected chi connectivity index (χ4v) is 4.92. The van der Waals surface area contributed by atoms with E-state index in [-0.39, 0.29) is 0 Å². The smallest absolute Gasteiger partial charge is 0.338 e. The van der Waals surface area contributed by atoms with Crippen molar-refractivity contribution in [2.75, 3.05) is 0 Å². The van der Waals surface area contributed by atoms with E-state index in [4.69, 9.17) is 49.3 Å². The molecule has 4 nitrogen and oxygen atoms in total. The predicted molar refractivity (Wildman–Crippen MR) is 144 cm³/mol. The first-order valence-electron chi connectivity index (χ1n) is 11.4. The highest BCUT2D eigenvalue weighted by atomic mass is 35.5. The summed E-state index contributed by atoms with van der Waals surface area (Å²) >= 11 is 18.9. The molecule has 0 saturated heterocycles. The molecule has 0 amide bonds. The third-order valence-corrected chi connectivity index (χ3v) is 6.81. The van der Waals surface area contributed by atoms with Crippen LogP contribution >= 0.6 is 34.8 Å². The average Bonchev–Trinajstić information content (AvgIpc) is 2.84. The molecule has 4 aromatic rings. The summed E-state index contributed by atoms with van der Waals surface area (Å²) in [6.07, 6.45) is -0.0776. The van der Waals surface area contributed by atoms with Crippen molar-refractivity contribution >= 4 is 40.8 Å². The van der Waals surface area contributed by atoms with Gasteiger partial charge in [0.05, 0.1) is 21.8 Å². The van der Waals surface area contributed by atoms with E-state index in [1.807, 2.05) is 56.3 Å². The number of pyridine rings is 1. The molecule has 0 fully saturated rings. The Bertz CT molecular complexity index is 1440. The molecule has 1 aliphatic rings. The summed E-state index contributed by atoms with van der Waals surface area (Å²) < 4.78 is 12.3. The van der Waals surface area contributed by atoms with E-state index < -0.39 is 17.7 Å². The molecule has 1 unspecified atom stereocenters. The Morgan fingerprint density at radius 1 is 0.917 bits per heavy atom. The summed E-state index contributed by atoms with van der Waals surface area (Å²) in [6.45, 7) is 3.89. The van der Waals surface area contributed by atoms with Gasteiger partial charge in [-0.15, -0.1) is 0 Å². The van der Waals surface area contributed by atoms with Crippen molar-refractivity contribution in [2.45, 2.75) is 32.0 Å². The molecule has 1 aromatic heterocycles.